The van der Waals surface area contributed by atoms with Gasteiger partial charge in [-0.1, -0.05) is 27.5 Å². The van der Waals surface area contributed by atoms with Gasteiger partial charge in [-0.25, -0.2) is 18.6 Å². The normalized spacial score (nSPS) is 10.7. The van der Waals surface area contributed by atoms with Crippen LogP contribution in [0, 0.1) is 0 Å². The monoisotopic (exact) mass is 299 g/mol. The van der Waals surface area contributed by atoms with Gasteiger partial charge in [0.25, 0.3) is 6.43 Å². The Morgan fingerprint density at radius 2 is 2.27 bits per heavy atom. The molecular formula is C8H5BrClF2NO2. The van der Waals surface area contributed by atoms with Crippen molar-refractivity contribution in [2.45, 2.75) is 11.8 Å². The van der Waals surface area contributed by atoms with E-state index in [4.69, 9.17) is 16.7 Å². The summed E-state index contributed by atoms with van der Waals surface area (Å²) in [5.41, 5.74) is -0.939. The average Bonchev–Trinajstić information content (AvgIpc) is 2.16. The Hall–Kier alpha value is -0.750. The minimum absolute atomic E-state index is 0.138. The molecule has 0 atom stereocenters. The van der Waals surface area contributed by atoms with E-state index in [2.05, 4.69) is 20.9 Å². The van der Waals surface area contributed by atoms with Crippen LogP contribution in [0.5, 0.6) is 0 Å². The van der Waals surface area contributed by atoms with Gasteiger partial charge < -0.3 is 5.11 Å². The van der Waals surface area contributed by atoms with Crippen LogP contribution in [-0.4, -0.2) is 16.1 Å². The van der Waals surface area contributed by atoms with Crippen molar-refractivity contribution >= 4 is 33.5 Å². The van der Waals surface area contributed by atoms with Crippen LogP contribution in [0.1, 0.15) is 28.2 Å². The fraction of sp³-hybridized carbons (Fsp3) is 0.250. The van der Waals surface area contributed by atoms with E-state index in [1.807, 2.05) is 0 Å². The van der Waals surface area contributed by atoms with E-state index in [1.165, 1.54) is 6.07 Å². The van der Waals surface area contributed by atoms with Crippen LogP contribution in [0.25, 0.3) is 0 Å². The smallest absolute Gasteiger partial charge is 0.356 e. The standard InChI is InChI=1S/C8H5BrClF2NO2/c9-2-3-1-4(10)6(8(14)15)13-5(3)7(11)12/h1,7H,2H2,(H,14,15). The van der Waals surface area contributed by atoms with Crippen molar-refractivity contribution in [3.63, 3.8) is 0 Å². The second-order valence-corrected chi connectivity index (χ2v) is 3.57. The molecule has 0 amide bonds. The lowest BCUT2D eigenvalue weighted by molar-refractivity contribution is 0.0689. The van der Waals surface area contributed by atoms with Gasteiger partial charge >= 0.3 is 5.97 Å². The molecular weight excluding hydrogens is 295 g/mol. The van der Waals surface area contributed by atoms with E-state index in [9.17, 15) is 13.6 Å². The Bertz CT molecular complexity index is 400. The molecule has 3 nitrogen and oxygen atoms in total. The fourth-order valence-corrected chi connectivity index (χ4v) is 1.69. The van der Waals surface area contributed by atoms with Crippen molar-refractivity contribution in [3.8, 4) is 0 Å². The third-order valence-corrected chi connectivity index (χ3v) is 2.53. The van der Waals surface area contributed by atoms with Gasteiger partial charge in [-0.3, -0.25) is 0 Å². The molecule has 82 valence electrons. The number of halogens is 4. The highest BCUT2D eigenvalue weighted by molar-refractivity contribution is 9.08. The van der Waals surface area contributed by atoms with Crippen LogP contribution < -0.4 is 0 Å². The highest BCUT2D eigenvalue weighted by Crippen LogP contribution is 2.27. The van der Waals surface area contributed by atoms with Crippen molar-refractivity contribution in [1.29, 1.82) is 0 Å². The number of aromatic carboxylic acids is 1. The van der Waals surface area contributed by atoms with Gasteiger partial charge in [0.05, 0.1) is 5.02 Å². The molecule has 0 saturated heterocycles. The first-order chi connectivity index (χ1) is 6.97. The summed E-state index contributed by atoms with van der Waals surface area (Å²) in [6.07, 6.45) is -2.83. The molecule has 7 heteroatoms. The first-order valence-corrected chi connectivity index (χ1v) is 5.24. The number of carbonyl (C=O) groups is 1. The number of carboxylic acid groups (broad SMARTS) is 1. The van der Waals surface area contributed by atoms with E-state index in [0.717, 1.165) is 0 Å². The molecule has 0 radical (unpaired) electrons. The van der Waals surface area contributed by atoms with Gasteiger partial charge in [0.1, 0.15) is 5.69 Å². The molecule has 1 N–H and O–H groups in total. The molecule has 1 aromatic heterocycles. The summed E-state index contributed by atoms with van der Waals surface area (Å²) < 4.78 is 24.9. The third-order valence-electron chi connectivity index (χ3n) is 1.64. The van der Waals surface area contributed by atoms with Crippen molar-refractivity contribution in [2.24, 2.45) is 0 Å². The zero-order valence-corrected chi connectivity index (χ0v) is 9.52. The van der Waals surface area contributed by atoms with E-state index in [1.54, 1.807) is 0 Å². The molecule has 0 aromatic carbocycles. The first-order valence-electron chi connectivity index (χ1n) is 3.74. The maximum Gasteiger partial charge on any atom is 0.356 e. The topological polar surface area (TPSA) is 50.2 Å². The Morgan fingerprint density at radius 1 is 1.67 bits per heavy atom. The minimum atomic E-state index is -2.83. The summed E-state index contributed by atoms with van der Waals surface area (Å²) in [7, 11) is 0. The molecule has 0 aliphatic rings. The van der Waals surface area contributed by atoms with Crippen molar-refractivity contribution in [2.75, 3.05) is 0 Å². The second kappa shape index (κ2) is 4.85. The zero-order chi connectivity index (χ0) is 11.6. The lowest BCUT2D eigenvalue weighted by Gasteiger charge is -2.07. The predicted octanol–water partition coefficient (Wildman–Crippen LogP) is 3.27. The van der Waals surface area contributed by atoms with E-state index >= 15 is 0 Å². The lowest BCUT2D eigenvalue weighted by atomic mass is 10.2. The van der Waals surface area contributed by atoms with E-state index in [-0.39, 0.29) is 15.9 Å². The summed E-state index contributed by atoms with van der Waals surface area (Å²) in [6, 6.07) is 1.17. The number of aromatic nitrogens is 1. The lowest BCUT2D eigenvalue weighted by Crippen LogP contribution is -2.07. The molecule has 0 bridgehead atoms. The van der Waals surface area contributed by atoms with Gasteiger partial charge in [0.2, 0.25) is 0 Å². The number of hydrogen-bond donors (Lipinski definition) is 1. The van der Waals surface area contributed by atoms with Crippen molar-refractivity contribution in [1.82, 2.24) is 4.98 Å². The van der Waals surface area contributed by atoms with Gasteiger partial charge in [0, 0.05) is 5.33 Å². The van der Waals surface area contributed by atoms with Crippen LogP contribution in [0.4, 0.5) is 8.78 Å². The number of nitrogens with zero attached hydrogens (tertiary/aromatic N) is 1. The Morgan fingerprint density at radius 3 is 2.67 bits per heavy atom. The van der Waals surface area contributed by atoms with Crippen LogP contribution in [0.15, 0.2) is 6.07 Å². The number of rotatable bonds is 3. The highest BCUT2D eigenvalue weighted by atomic mass is 79.9. The molecule has 0 aliphatic carbocycles. The average molecular weight is 300 g/mol. The van der Waals surface area contributed by atoms with Gasteiger partial charge in [-0.15, -0.1) is 0 Å². The molecule has 15 heavy (non-hydrogen) atoms. The zero-order valence-electron chi connectivity index (χ0n) is 7.18. The molecule has 0 fully saturated rings. The maximum atomic E-state index is 12.5. The predicted molar refractivity (Wildman–Crippen MR) is 53.8 cm³/mol. The number of hydrogen-bond acceptors (Lipinski definition) is 2. The first kappa shape index (κ1) is 12.3. The van der Waals surface area contributed by atoms with E-state index in [0.29, 0.717) is 0 Å². The summed E-state index contributed by atoms with van der Waals surface area (Å²) in [5, 5.41) is 8.62. The Balaban J connectivity index is 3.37. The van der Waals surface area contributed by atoms with Crippen molar-refractivity contribution < 1.29 is 18.7 Å². The van der Waals surface area contributed by atoms with Crippen LogP contribution in [0.3, 0.4) is 0 Å². The van der Waals surface area contributed by atoms with Gasteiger partial charge in [-0.05, 0) is 11.6 Å². The third kappa shape index (κ3) is 2.63. The molecule has 1 heterocycles. The molecule has 1 aromatic rings. The van der Waals surface area contributed by atoms with Crippen molar-refractivity contribution in [3.05, 3.63) is 28.0 Å². The molecule has 0 aliphatic heterocycles. The molecule has 0 saturated carbocycles. The fourth-order valence-electron chi connectivity index (χ4n) is 0.987. The molecule has 1 rings (SSSR count). The number of alkyl halides is 3. The summed E-state index contributed by atoms with van der Waals surface area (Å²) in [6.45, 7) is 0. The Labute approximate surface area is 97.2 Å². The molecule has 0 spiro atoms. The largest absolute Gasteiger partial charge is 0.476 e. The Kier molecular flexibility index (Phi) is 3.98. The quantitative estimate of drug-likeness (QED) is 0.872. The maximum absolute atomic E-state index is 12.5. The van der Waals surface area contributed by atoms with Crippen LogP contribution in [0.2, 0.25) is 5.02 Å². The van der Waals surface area contributed by atoms with Gasteiger partial charge in [0.15, 0.2) is 5.69 Å². The minimum Gasteiger partial charge on any atom is -0.476 e. The highest BCUT2D eigenvalue weighted by Gasteiger charge is 2.20. The summed E-state index contributed by atoms with van der Waals surface area (Å²) >= 11 is 8.56. The summed E-state index contributed by atoms with van der Waals surface area (Å²) in [5.74, 6) is -1.43. The van der Waals surface area contributed by atoms with Crippen LogP contribution in [-0.2, 0) is 5.33 Å². The number of carboxylic acids is 1. The second-order valence-electron chi connectivity index (χ2n) is 2.60. The molecule has 0 unspecified atom stereocenters. The number of pyridine rings is 1. The van der Waals surface area contributed by atoms with Gasteiger partial charge in [-0.2, -0.15) is 0 Å². The van der Waals surface area contributed by atoms with E-state index < -0.39 is 23.8 Å². The SMILES string of the molecule is O=C(O)c1nc(C(F)F)c(CBr)cc1Cl. The summed E-state index contributed by atoms with van der Waals surface area (Å²) in [4.78, 5) is 13.9. The van der Waals surface area contributed by atoms with Crippen LogP contribution >= 0.6 is 27.5 Å².